The van der Waals surface area contributed by atoms with Gasteiger partial charge in [-0.2, -0.15) is 5.10 Å². The molecule has 1 amide bonds. The molecule has 1 saturated heterocycles. The first-order valence-electron chi connectivity index (χ1n) is 9.15. The highest BCUT2D eigenvalue weighted by Crippen LogP contribution is 2.26. The monoisotopic (exact) mass is 338 g/mol. The first-order chi connectivity index (χ1) is 12.0. The maximum atomic E-state index is 12.9. The number of amides is 1. The molecule has 5 heteroatoms. The smallest absolute Gasteiger partial charge is 0.239 e. The van der Waals surface area contributed by atoms with Crippen LogP contribution in [0.1, 0.15) is 35.5 Å². The average molecular weight is 338 g/mol. The summed E-state index contributed by atoms with van der Waals surface area (Å²) in [5.41, 5.74) is 4.94. The van der Waals surface area contributed by atoms with Gasteiger partial charge in [0.1, 0.15) is 0 Å². The second kappa shape index (κ2) is 6.30. The quantitative estimate of drug-likeness (QED) is 0.862. The van der Waals surface area contributed by atoms with Crippen molar-refractivity contribution in [2.75, 3.05) is 19.6 Å². The van der Waals surface area contributed by atoms with Crippen molar-refractivity contribution in [2.45, 2.75) is 45.8 Å². The van der Waals surface area contributed by atoms with E-state index in [0.29, 0.717) is 6.04 Å². The standard InChI is InChI=1S/C20H26N4O/c1-14-10-15(2)24(21-14)19-12-23(13-19)16(3)20(25)22-9-8-17-6-4-5-7-18(17)11-22/h4-7,10,16,19H,8-9,11-13H2,1-3H3/t16-/m0/s1. The molecule has 2 aliphatic heterocycles. The summed E-state index contributed by atoms with van der Waals surface area (Å²) in [6, 6.07) is 10.9. The third-order valence-electron chi connectivity index (χ3n) is 5.63. The molecule has 4 rings (SSSR count). The summed E-state index contributed by atoms with van der Waals surface area (Å²) in [7, 11) is 0. The predicted molar refractivity (Wildman–Crippen MR) is 97.3 cm³/mol. The number of aryl methyl sites for hydroxylation is 2. The Balaban J connectivity index is 1.37. The number of nitrogens with zero attached hydrogens (tertiary/aromatic N) is 4. The van der Waals surface area contributed by atoms with Gasteiger partial charge in [-0.25, -0.2) is 0 Å². The van der Waals surface area contributed by atoms with Crippen LogP contribution in [0, 0.1) is 13.8 Å². The lowest BCUT2D eigenvalue weighted by Gasteiger charge is -2.44. The van der Waals surface area contributed by atoms with Crippen molar-refractivity contribution in [3.05, 3.63) is 52.8 Å². The Kier molecular flexibility index (Phi) is 4.12. The molecular formula is C20H26N4O. The van der Waals surface area contributed by atoms with Crippen molar-refractivity contribution in [3.63, 3.8) is 0 Å². The van der Waals surface area contributed by atoms with E-state index >= 15 is 0 Å². The molecule has 0 radical (unpaired) electrons. The SMILES string of the molecule is Cc1cc(C)n(C2CN([C@@H](C)C(=O)N3CCc4ccccc4C3)C2)n1. The lowest BCUT2D eigenvalue weighted by atomic mass is 9.98. The van der Waals surface area contributed by atoms with E-state index in [-0.39, 0.29) is 11.9 Å². The molecule has 1 fully saturated rings. The Morgan fingerprint density at radius 2 is 1.92 bits per heavy atom. The molecular weight excluding hydrogens is 312 g/mol. The number of fused-ring (bicyclic) bond motifs is 1. The molecule has 0 saturated carbocycles. The molecule has 3 heterocycles. The second-order valence-corrected chi connectivity index (χ2v) is 7.43. The first kappa shape index (κ1) is 16.3. The van der Waals surface area contributed by atoms with Crippen LogP contribution in [0.15, 0.2) is 30.3 Å². The minimum Gasteiger partial charge on any atom is -0.337 e. The van der Waals surface area contributed by atoms with Gasteiger partial charge in [-0.1, -0.05) is 24.3 Å². The number of hydrogen-bond donors (Lipinski definition) is 0. The number of likely N-dealkylation sites (tertiary alicyclic amines) is 1. The Morgan fingerprint density at radius 1 is 1.20 bits per heavy atom. The van der Waals surface area contributed by atoms with Crippen molar-refractivity contribution in [1.82, 2.24) is 19.6 Å². The topological polar surface area (TPSA) is 41.4 Å². The first-order valence-corrected chi connectivity index (χ1v) is 9.15. The maximum absolute atomic E-state index is 12.9. The van der Waals surface area contributed by atoms with Gasteiger partial charge in [0.2, 0.25) is 5.91 Å². The Morgan fingerprint density at radius 3 is 2.60 bits per heavy atom. The Bertz CT molecular complexity index is 791. The fourth-order valence-corrected chi connectivity index (χ4v) is 4.08. The third kappa shape index (κ3) is 2.97. The number of carbonyl (C=O) groups excluding carboxylic acids is 1. The zero-order valence-electron chi connectivity index (χ0n) is 15.3. The number of carbonyl (C=O) groups is 1. The number of aromatic nitrogens is 2. The number of rotatable bonds is 3. The van der Waals surface area contributed by atoms with E-state index in [1.165, 1.54) is 16.8 Å². The van der Waals surface area contributed by atoms with E-state index in [1.54, 1.807) is 0 Å². The molecule has 1 aromatic carbocycles. The van der Waals surface area contributed by atoms with Crippen LogP contribution < -0.4 is 0 Å². The van der Waals surface area contributed by atoms with E-state index in [9.17, 15) is 4.79 Å². The average Bonchev–Trinajstić information content (AvgIpc) is 2.90. The van der Waals surface area contributed by atoms with Crippen LogP contribution in [0.5, 0.6) is 0 Å². The molecule has 0 N–H and O–H groups in total. The molecule has 2 aliphatic rings. The van der Waals surface area contributed by atoms with Crippen molar-refractivity contribution >= 4 is 5.91 Å². The van der Waals surface area contributed by atoms with Crippen molar-refractivity contribution in [1.29, 1.82) is 0 Å². The van der Waals surface area contributed by atoms with Crippen LogP contribution >= 0.6 is 0 Å². The van der Waals surface area contributed by atoms with E-state index in [2.05, 4.69) is 51.9 Å². The summed E-state index contributed by atoms with van der Waals surface area (Å²) in [6.45, 7) is 9.55. The number of benzene rings is 1. The Labute approximate surface area is 149 Å². The molecule has 1 atom stereocenters. The van der Waals surface area contributed by atoms with Crippen LogP contribution in [0.2, 0.25) is 0 Å². The van der Waals surface area contributed by atoms with E-state index in [4.69, 9.17) is 0 Å². The molecule has 5 nitrogen and oxygen atoms in total. The summed E-state index contributed by atoms with van der Waals surface area (Å²) in [6.07, 6.45) is 0.961. The van der Waals surface area contributed by atoms with Gasteiger partial charge in [0.25, 0.3) is 0 Å². The van der Waals surface area contributed by atoms with Gasteiger partial charge in [-0.05, 0) is 44.4 Å². The van der Waals surface area contributed by atoms with Gasteiger partial charge in [0, 0.05) is 31.9 Å². The maximum Gasteiger partial charge on any atom is 0.239 e. The van der Waals surface area contributed by atoms with E-state index in [1.807, 2.05) is 18.7 Å². The molecule has 0 aliphatic carbocycles. The van der Waals surface area contributed by atoms with Crippen molar-refractivity contribution in [2.24, 2.45) is 0 Å². The van der Waals surface area contributed by atoms with Crippen LogP contribution in [-0.2, 0) is 17.8 Å². The molecule has 0 unspecified atom stereocenters. The van der Waals surface area contributed by atoms with Gasteiger partial charge < -0.3 is 4.90 Å². The predicted octanol–water partition coefficient (Wildman–Crippen LogP) is 2.33. The Hall–Kier alpha value is -2.14. The molecule has 132 valence electrons. The van der Waals surface area contributed by atoms with Crippen LogP contribution in [0.3, 0.4) is 0 Å². The molecule has 25 heavy (non-hydrogen) atoms. The summed E-state index contributed by atoms with van der Waals surface area (Å²) in [4.78, 5) is 17.2. The van der Waals surface area contributed by atoms with Crippen molar-refractivity contribution < 1.29 is 4.79 Å². The minimum absolute atomic E-state index is 0.0570. The summed E-state index contributed by atoms with van der Waals surface area (Å²) in [5.74, 6) is 0.251. The highest BCUT2D eigenvalue weighted by molar-refractivity contribution is 5.82. The molecule has 1 aromatic heterocycles. The highest BCUT2D eigenvalue weighted by atomic mass is 16.2. The molecule has 0 bridgehead atoms. The number of hydrogen-bond acceptors (Lipinski definition) is 3. The van der Waals surface area contributed by atoms with Gasteiger partial charge >= 0.3 is 0 Å². The van der Waals surface area contributed by atoms with Gasteiger partial charge in [-0.3, -0.25) is 14.4 Å². The lowest BCUT2D eigenvalue weighted by molar-refractivity contribution is -0.140. The largest absolute Gasteiger partial charge is 0.337 e. The van der Waals surface area contributed by atoms with Crippen molar-refractivity contribution in [3.8, 4) is 0 Å². The summed E-state index contributed by atoms with van der Waals surface area (Å²) >= 11 is 0. The zero-order chi connectivity index (χ0) is 17.6. The lowest BCUT2D eigenvalue weighted by Crippen LogP contribution is -2.57. The minimum atomic E-state index is -0.0570. The van der Waals surface area contributed by atoms with Crippen LogP contribution in [0.25, 0.3) is 0 Å². The fourth-order valence-electron chi connectivity index (χ4n) is 4.08. The van der Waals surface area contributed by atoms with E-state index in [0.717, 1.165) is 38.3 Å². The summed E-state index contributed by atoms with van der Waals surface area (Å²) in [5, 5.41) is 4.58. The van der Waals surface area contributed by atoms with E-state index < -0.39 is 0 Å². The third-order valence-corrected chi connectivity index (χ3v) is 5.63. The zero-order valence-corrected chi connectivity index (χ0v) is 15.3. The van der Waals surface area contributed by atoms with Gasteiger partial charge in [-0.15, -0.1) is 0 Å². The van der Waals surface area contributed by atoms with Gasteiger partial charge in [0.05, 0.1) is 17.8 Å². The highest BCUT2D eigenvalue weighted by Gasteiger charge is 2.37. The van der Waals surface area contributed by atoms with Crippen LogP contribution in [0.4, 0.5) is 0 Å². The molecule has 2 aromatic rings. The summed E-state index contributed by atoms with van der Waals surface area (Å²) < 4.78 is 2.11. The second-order valence-electron chi connectivity index (χ2n) is 7.43. The fraction of sp³-hybridized carbons (Fsp3) is 0.500. The normalized spacial score (nSPS) is 19.4. The molecule has 0 spiro atoms. The van der Waals surface area contributed by atoms with Gasteiger partial charge in [0.15, 0.2) is 0 Å². The van der Waals surface area contributed by atoms with Crippen LogP contribution in [-0.4, -0.2) is 51.2 Å².